The first-order chi connectivity index (χ1) is 12.3. The number of aliphatic carboxylic acids is 1. The van der Waals surface area contributed by atoms with Gasteiger partial charge in [-0.05, 0) is 68.2 Å². The van der Waals surface area contributed by atoms with Crippen molar-refractivity contribution in [1.29, 1.82) is 0 Å². The fraction of sp³-hybridized carbons (Fsp3) is 0.526. The van der Waals surface area contributed by atoms with E-state index in [-0.39, 0.29) is 46.3 Å². The van der Waals surface area contributed by atoms with Crippen LogP contribution in [0.3, 0.4) is 0 Å². The van der Waals surface area contributed by atoms with Crippen molar-refractivity contribution in [3.05, 3.63) is 41.4 Å². The Kier molecular flexibility index (Phi) is 10.6. The van der Waals surface area contributed by atoms with Gasteiger partial charge in [0.15, 0.2) is 0 Å². The smallest absolute Gasteiger partial charge is 0.550 e. The maximum Gasteiger partial charge on any atom is 1.00 e. The molecular formula is C19H25ClNNaO4S. The number of allylic oxidation sites excluding steroid dienone is 2. The molecule has 144 valence electrons. The topological polar surface area (TPSA) is 86.3 Å². The summed E-state index contributed by atoms with van der Waals surface area (Å²) in [4.78, 5) is 10.6. The fourth-order valence-corrected chi connectivity index (χ4v) is 4.70. The zero-order valence-electron chi connectivity index (χ0n) is 15.7. The number of carboxylic acid groups (broad SMARTS) is 1. The summed E-state index contributed by atoms with van der Waals surface area (Å²) in [5.41, 5.74) is -0.0296. The fourth-order valence-electron chi connectivity index (χ4n) is 3.41. The maximum atomic E-state index is 12.5. The molecule has 1 aromatic rings. The molecule has 27 heavy (non-hydrogen) atoms. The number of hydrogen-bond donors (Lipinski definition) is 1. The summed E-state index contributed by atoms with van der Waals surface area (Å²) in [6.07, 6.45) is 10.3. The Morgan fingerprint density at radius 1 is 1.15 bits per heavy atom. The van der Waals surface area contributed by atoms with E-state index in [0.717, 1.165) is 38.5 Å². The van der Waals surface area contributed by atoms with Crippen LogP contribution >= 0.6 is 11.6 Å². The molecule has 0 heterocycles. The molecule has 1 aliphatic carbocycles. The second-order valence-electron chi connectivity index (χ2n) is 6.91. The number of sulfonamides is 1. The molecule has 0 aromatic heterocycles. The summed E-state index contributed by atoms with van der Waals surface area (Å²) in [5, 5.41) is 10.9. The van der Waals surface area contributed by atoms with Gasteiger partial charge in [-0.3, -0.25) is 0 Å². The number of carboxylic acids is 1. The molecule has 8 heteroatoms. The number of rotatable bonds is 10. The molecule has 1 fully saturated rings. The summed E-state index contributed by atoms with van der Waals surface area (Å²) in [5.74, 6) is -1.04. The van der Waals surface area contributed by atoms with Crippen molar-refractivity contribution < 1.29 is 47.9 Å². The summed E-state index contributed by atoms with van der Waals surface area (Å²) in [7, 11) is -3.55. The molecule has 0 radical (unpaired) electrons. The van der Waals surface area contributed by atoms with Gasteiger partial charge in [-0.1, -0.05) is 36.6 Å². The number of hydrogen-bond acceptors (Lipinski definition) is 4. The molecule has 1 saturated carbocycles. The van der Waals surface area contributed by atoms with E-state index in [1.54, 1.807) is 12.1 Å². The molecule has 0 saturated heterocycles. The van der Waals surface area contributed by atoms with Crippen molar-refractivity contribution in [1.82, 2.24) is 4.72 Å². The monoisotopic (exact) mass is 421 g/mol. The van der Waals surface area contributed by atoms with Crippen LogP contribution in [0.4, 0.5) is 0 Å². The molecule has 0 amide bonds. The van der Waals surface area contributed by atoms with Crippen LogP contribution in [0.2, 0.25) is 5.02 Å². The first kappa shape index (κ1) is 24.7. The van der Waals surface area contributed by atoms with Gasteiger partial charge in [-0.2, -0.15) is 0 Å². The largest absolute Gasteiger partial charge is 1.00 e. The number of carbonyl (C=O) groups excluding carboxylic acids is 1. The minimum atomic E-state index is -3.55. The zero-order valence-corrected chi connectivity index (χ0v) is 19.3. The Bertz CT molecular complexity index is 729. The van der Waals surface area contributed by atoms with Gasteiger partial charge < -0.3 is 9.90 Å². The van der Waals surface area contributed by atoms with Crippen molar-refractivity contribution >= 4 is 27.6 Å². The van der Waals surface area contributed by atoms with Gasteiger partial charge in [-0.25, -0.2) is 13.1 Å². The molecule has 0 spiro atoms. The Balaban J connectivity index is 0.00000364. The second kappa shape index (κ2) is 11.6. The quantitative estimate of drug-likeness (QED) is 0.427. The number of carbonyl (C=O) groups is 1. The van der Waals surface area contributed by atoms with Gasteiger partial charge in [0.25, 0.3) is 0 Å². The van der Waals surface area contributed by atoms with Gasteiger partial charge >= 0.3 is 29.6 Å². The minimum absolute atomic E-state index is 0. The van der Waals surface area contributed by atoms with E-state index in [4.69, 9.17) is 11.6 Å². The van der Waals surface area contributed by atoms with Crippen molar-refractivity contribution in [2.45, 2.75) is 56.3 Å². The van der Waals surface area contributed by atoms with E-state index < -0.39 is 16.0 Å². The molecule has 0 unspecified atom stereocenters. The third-order valence-electron chi connectivity index (χ3n) is 4.95. The van der Waals surface area contributed by atoms with Crippen molar-refractivity contribution in [2.24, 2.45) is 5.41 Å². The first-order valence-electron chi connectivity index (χ1n) is 8.93. The number of halogens is 1. The third kappa shape index (κ3) is 8.26. The van der Waals surface area contributed by atoms with Crippen LogP contribution in [0.1, 0.15) is 51.4 Å². The first-order valence-corrected chi connectivity index (χ1v) is 10.8. The average Bonchev–Trinajstić information content (AvgIpc) is 3.06. The molecule has 1 aromatic carbocycles. The van der Waals surface area contributed by atoms with Crippen LogP contribution in [0.25, 0.3) is 0 Å². The van der Waals surface area contributed by atoms with Gasteiger partial charge in [0, 0.05) is 17.5 Å². The summed E-state index contributed by atoms with van der Waals surface area (Å²) >= 11 is 5.82. The van der Waals surface area contributed by atoms with Crippen molar-refractivity contribution in [3.63, 3.8) is 0 Å². The number of nitrogens with one attached hydrogen (secondary N) is 1. The molecule has 2 rings (SSSR count). The number of benzene rings is 1. The van der Waals surface area contributed by atoms with Crippen LogP contribution in [-0.4, -0.2) is 20.9 Å². The normalized spacial score (nSPS) is 16.3. The van der Waals surface area contributed by atoms with Gasteiger partial charge in [0.2, 0.25) is 10.0 Å². The van der Waals surface area contributed by atoms with Gasteiger partial charge in [-0.15, -0.1) is 0 Å². The van der Waals surface area contributed by atoms with E-state index in [2.05, 4.69) is 4.72 Å². The van der Waals surface area contributed by atoms with E-state index in [9.17, 15) is 18.3 Å². The van der Waals surface area contributed by atoms with E-state index in [0.29, 0.717) is 18.0 Å². The molecule has 1 N–H and O–H groups in total. The zero-order chi connectivity index (χ0) is 19.0. The molecule has 0 aliphatic heterocycles. The third-order valence-corrected chi connectivity index (χ3v) is 6.62. The SMILES string of the molecule is O=C([O-])CC/C=C\CCC1(CNS(=O)(=O)c2ccc(Cl)cc2)CCCC1.[Na+]. The van der Waals surface area contributed by atoms with Crippen LogP contribution in [0.5, 0.6) is 0 Å². The predicted molar refractivity (Wildman–Crippen MR) is 100 cm³/mol. The summed E-state index contributed by atoms with van der Waals surface area (Å²) < 4.78 is 27.7. The Morgan fingerprint density at radius 3 is 2.33 bits per heavy atom. The van der Waals surface area contributed by atoms with Crippen LogP contribution in [0.15, 0.2) is 41.3 Å². The maximum absolute atomic E-state index is 12.5. The van der Waals surface area contributed by atoms with Crippen molar-refractivity contribution in [3.8, 4) is 0 Å². The average molecular weight is 422 g/mol. The van der Waals surface area contributed by atoms with E-state index in [1.165, 1.54) is 12.1 Å². The Hall–Kier alpha value is -0.370. The van der Waals surface area contributed by atoms with E-state index in [1.807, 2.05) is 12.2 Å². The van der Waals surface area contributed by atoms with Crippen molar-refractivity contribution in [2.75, 3.05) is 6.54 Å². The molecule has 0 bridgehead atoms. The predicted octanol–water partition coefficient (Wildman–Crippen LogP) is 0.0492. The summed E-state index contributed by atoms with van der Waals surface area (Å²) in [6.45, 7) is 0.421. The Labute approximate surface area is 188 Å². The molecule has 1 aliphatic rings. The van der Waals surface area contributed by atoms with Crippen LogP contribution < -0.4 is 39.4 Å². The Morgan fingerprint density at radius 2 is 1.74 bits per heavy atom. The molecular weight excluding hydrogens is 397 g/mol. The van der Waals surface area contributed by atoms with E-state index >= 15 is 0 Å². The van der Waals surface area contributed by atoms with Gasteiger partial charge in [0.05, 0.1) is 4.90 Å². The minimum Gasteiger partial charge on any atom is -0.550 e. The summed E-state index contributed by atoms with van der Waals surface area (Å²) in [6, 6.07) is 6.15. The van der Waals surface area contributed by atoms with Crippen LogP contribution in [0, 0.1) is 5.41 Å². The standard InChI is InChI=1S/C19H26ClNO4S.Na/c20-16-8-10-17(11-9-16)26(24,25)21-15-19(13-5-6-14-19)12-4-2-1-3-7-18(22)23;/h1-2,8-11,21H,3-7,12-15H2,(H,22,23);/q;+1/p-1/b2-1-;. The second-order valence-corrected chi connectivity index (χ2v) is 9.11. The molecule has 0 atom stereocenters. The van der Waals surface area contributed by atoms with Gasteiger partial charge in [0.1, 0.15) is 0 Å². The van der Waals surface area contributed by atoms with Crippen LogP contribution in [-0.2, 0) is 14.8 Å². The molecule has 5 nitrogen and oxygen atoms in total.